The van der Waals surface area contributed by atoms with Crippen molar-refractivity contribution < 1.29 is 73.2 Å². The number of amides is 10. The first kappa shape index (κ1) is 66.2. The third-order valence-corrected chi connectivity index (χ3v) is 12.1. The van der Waals surface area contributed by atoms with Crippen LogP contribution >= 0.6 is 0 Å². The Morgan fingerprint density at radius 2 is 0.852 bits per heavy atom. The highest BCUT2D eigenvalue weighted by atomic mass is 16.4. The number of carbonyl (C=O) groups is 11. The van der Waals surface area contributed by atoms with E-state index >= 15 is 0 Å². The van der Waals surface area contributed by atoms with Crippen molar-refractivity contribution in [2.24, 2.45) is 33.7 Å². The molecule has 0 unspecified atom stereocenters. The van der Waals surface area contributed by atoms with Gasteiger partial charge in [-0.2, -0.15) is 0 Å². The maximum absolute atomic E-state index is 14.1. The Morgan fingerprint density at radius 3 is 1.28 bits per heavy atom. The summed E-state index contributed by atoms with van der Waals surface area (Å²) in [6, 6.07) is 10.1. The summed E-state index contributed by atoms with van der Waals surface area (Å²) >= 11 is 0. The van der Waals surface area contributed by atoms with Gasteiger partial charge in [0.15, 0.2) is 5.96 Å². The monoisotopic (exact) mass is 1130 g/mol. The fourth-order valence-electron chi connectivity index (χ4n) is 7.75. The van der Waals surface area contributed by atoms with Gasteiger partial charge in [0, 0.05) is 25.8 Å². The van der Waals surface area contributed by atoms with Gasteiger partial charge < -0.3 is 91.6 Å². The lowest BCUT2D eigenvalue weighted by Gasteiger charge is -2.28. The number of aliphatic imine (C=N–C) groups is 1. The smallest absolute Gasteiger partial charge is 0.326 e. The molecule has 0 aromatic heterocycles. The molecular formula is C52H72N14O15. The number of nitrogens with one attached hydrogen (secondary N) is 8. The Balaban J connectivity index is 1.81. The van der Waals surface area contributed by atoms with Gasteiger partial charge >= 0.3 is 5.97 Å². The number of carbonyl (C=O) groups excluding carboxylic acids is 10. The van der Waals surface area contributed by atoms with Crippen molar-refractivity contribution in [2.45, 2.75) is 119 Å². The van der Waals surface area contributed by atoms with Gasteiger partial charge in [-0.1, -0.05) is 91.0 Å². The molecule has 10 amide bonds. The van der Waals surface area contributed by atoms with Gasteiger partial charge in [0.05, 0.1) is 31.8 Å². The summed E-state index contributed by atoms with van der Waals surface area (Å²) in [6.45, 7) is -1.11. The van der Waals surface area contributed by atoms with E-state index in [1.165, 1.54) is 0 Å². The molecule has 0 aliphatic rings. The summed E-state index contributed by atoms with van der Waals surface area (Å²) in [6.07, 6.45) is -3.85. The lowest BCUT2D eigenvalue weighted by Crippen LogP contribution is -2.63. The number of carboxylic acids is 1. The Labute approximate surface area is 465 Å². The minimum absolute atomic E-state index is 0.0502. The first-order valence-corrected chi connectivity index (χ1v) is 25.5. The molecule has 0 saturated carbocycles. The second kappa shape index (κ2) is 34.1. The molecule has 0 fully saturated rings. The molecule has 29 heteroatoms. The lowest BCUT2D eigenvalue weighted by atomic mass is 10.0. The van der Waals surface area contributed by atoms with Crippen LogP contribution in [0.25, 0.3) is 0 Å². The predicted molar refractivity (Wildman–Crippen MR) is 289 cm³/mol. The van der Waals surface area contributed by atoms with Crippen LogP contribution < -0.4 is 71.2 Å². The molecule has 0 aliphatic carbocycles. The average molecular weight is 1130 g/mol. The normalized spacial score (nSPS) is 14.6. The largest absolute Gasteiger partial charge is 0.480 e. The topological polar surface area (TPSA) is 507 Å². The van der Waals surface area contributed by atoms with Gasteiger partial charge in [-0.15, -0.1) is 0 Å². The van der Waals surface area contributed by atoms with E-state index in [1.807, 2.05) is 0 Å². The molecule has 0 spiro atoms. The fraction of sp³-hybridized carbons (Fsp3) is 0.423. The first-order valence-electron chi connectivity index (χ1n) is 25.5. The predicted octanol–water partition coefficient (Wildman–Crippen LogP) is -6.44. The zero-order valence-electron chi connectivity index (χ0n) is 44.3. The highest BCUT2D eigenvalue weighted by Gasteiger charge is 2.37. The maximum atomic E-state index is 14.1. The van der Waals surface area contributed by atoms with Crippen molar-refractivity contribution >= 4 is 71.0 Å². The van der Waals surface area contributed by atoms with Gasteiger partial charge in [0.25, 0.3) is 0 Å². The van der Waals surface area contributed by atoms with Crippen molar-refractivity contribution in [2.75, 3.05) is 19.8 Å². The summed E-state index contributed by atoms with van der Waals surface area (Å²) in [5, 5.41) is 59.8. The van der Waals surface area contributed by atoms with Crippen molar-refractivity contribution in [1.29, 1.82) is 0 Å². The highest BCUT2D eigenvalue weighted by molar-refractivity contribution is 5.99. The molecular weight excluding hydrogens is 1060 g/mol. The van der Waals surface area contributed by atoms with Gasteiger partial charge in [-0.25, -0.2) is 4.79 Å². The maximum Gasteiger partial charge on any atom is 0.326 e. The number of rotatable bonds is 35. The first-order chi connectivity index (χ1) is 38.4. The lowest BCUT2D eigenvalue weighted by molar-refractivity contribution is -0.142. The van der Waals surface area contributed by atoms with Crippen LogP contribution in [0.2, 0.25) is 0 Å². The SMILES string of the molecule is C[C@@H](O)[C@H](NC(=O)[C@H](CO)NC(=O)[C@H](CC(N)=O)NC(=O)[C@H](CCC(N)=O)NC(=O)[C@@H](N)Cc1ccccc1)C(=O)N[C@@H](Cc1ccccc1)C(=O)N[C@@H](CO)C(=O)N[C@@H](Cc1ccccc1)C(=O)N[C@@H](CCCN=C(N)N)C(=O)O. The van der Waals surface area contributed by atoms with Crippen LogP contribution in [-0.2, 0) is 72.0 Å². The number of nitrogens with two attached hydrogens (primary N) is 5. The summed E-state index contributed by atoms with van der Waals surface area (Å²) in [4.78, 5) is 149. The molecule has 81 heavy (non-hydrogen) atoms. The van der Waals surface area contributed by atoms with Crippen molar-refractivity contribution in [3.63, 3.8) is 0 Å². The van der Waals surface area contributed by atoms with E-state index in [2.05, 4.69) is 47.5 Å². The molecule has 0 radical (unpaired) electrons. The Bertz CT molecular complexity index is 2650. The quantitative estimate of drug-likeness (QED) is 0.0148. The van der Waals surface area contributed by atoms with Crippen molar-refractivity contribution in [3.8, 4) is 0 Å². The summed E-state index contributed by atoms with van der Waals surface area (Å²) in [5.41, 5.74) is 29.1. The zero-order chi connectivity index (χ0) is 60.2. The molecule has 0 bridgehead atoms. The number of carboxylic acid groups (broad SMARTS) is 1. The molecule has 0 heterocycles. The number of benzene rings is 3. The van der Waals surface area contributed by atoms with Gasteiger partial charge in [0.1, 0.15) is 48.3 Å². The Kier molecular flexibility index (Phi) is 27.8. The molecule has 22 N–H and O–H groups in total. The van der Waals surface area contributed by atoms with Crippen LogP contribution in [0.1, 0.15) is 55.7 Å². The van der Waals surface area contributed by atoms with E-state index < -0.39 is 152 Å². The highest BCUT2D eigenvalue weighted by Crippen LogP contribution is 2.10. The van der Waals surface area contributed by atoms with Crippen LogP contribution in [0, 0.1) is 0 Å². The number of hydrogen-bond acceptors (Lipinski definition) is 16. The molecule has 3 aromatic rings. The standard InChI is InChI=1S/C52H72N14O15/c1-28(69)42(66-49(78)39(27-68)65-47(76)37(25-41(55)71)62-44(73)33(19-20-40(54)70)59-43(72)32(53)22-29-12-5-2-6-13-29)50(79)63-36(24-31-16-9-4-10-17-31)46(75)64-38(26-67)48(77)61-35(23-30-14-7-3-8-15-30)45(74)60-34(51(80)81)18-11-21-58-52(56)57/h2-10,12-17,28,32-39,42,67-69H,11,18-27,53H2,1H3,(H2,54,70)(H2,55,71)(H,59,72)(H,60,74)(H,61,77)(H,62,73)(H,63,79)(H,64,75)(H,65,76)(H,66,78)(H,80,81)(H4,56,57,58)/t28-,32+,33+,34+,35+,36+,37+,38+,39+,42+/m1/s1. The molecule has 3 rings (SSSR count). The number of aliphatic carboxylic acids is 1. The second-order valence-corrected chi connectivity index (χ2v) is 18.7. The molecule has 10 atom stereocenters. The number of aliphatic hydroxyl groups excluding tert-OH is 3. The third-order valence-electron chi connectivity index (χ3n) is 12.1. The van der Waals surface area contributed by atoms with Crippen molar-refractivity contribution in [3.05, 3.63) is 108 Å². The van der Waals surface area contributed by atoms with E-state index in [-0.39, 0.29) is 51.0 Å². The van der Waals surface area contributed by atoms with Gasteiger partial charge in [0.2, 0.25) is 59.1 Å². The van der Waals surface area contributed by atoms with Crippen LogP contribution in [0.3, 0.4) is 0 Å². The molecule has 3 aromatic carbocycles. The number of hydrogen-bond donors (Lipinski definition) is 17. The van der Waals surface area contributed by atoms with Crippen LogP contribution in [0.4, 0.5) is 0 Å². The molecule has 0 aliphatic heterocycles. The fourth-order valence-corrected chi connectivity index (χ4v) is 7.75. The molecule has 29 nitrogen and oxygen atoms in total. The summed E-state index contributed by atoms with van der Waals surface area (Å²) < 4.78 is 0. The average Bonchev–Trinajstić information content (AvgIpc) is 3.43. The summed E-state index contributed by atoms with van der Waals surface area (Å²) in [5.74, 6) is -12.5. The van der Waals surface area contributed by atoms with Crippen molar-refractivity contribution in [1.82, 2.24) is 42.5 Å². The molecule has 440 valence electrons. The number of aliphatic hydroxyl groups is 3. The Hall–Kier alpha value is -9.06. The number of nitrogens with zero attached hydrogens (tertiary/aromatic N) is 1. The minimum atomic E-state index is -1.97. The van der Waals surface area contributed by atoms with Crippen LogP contribution in [0.5, 0.6) is 0 Å². The van der Waals surface area contributed by atoms with Gasteiger partial charge in [-0.05, 0) is 49.3 Å². The third kappa shape index (κ3) is 23.8. The number of guanidine groups is 1. The van der Waals surface area contributed by atoms with E-state index in [4.69, 9.17) is 28.7 Å². The second-order valence-electron chi connectivity index (χ2n) is 18.7. The molecule has 0 saturated heterocycles. The Morgan fingerprint density at radius 1 is 0.469 bits per heavy atom. The van der Waals surface area contributed by atoms with E-state index in [9.17, 15) is 73.2 Å². The minimum Gasteiger partial charge on any atom is -0.480 e. The summed E-state index contributed by atoms with van der Waals surface area (Å²) in [7, 11) is 0. The van der Waals surface area contributed by atoms with Gasteiger partial charge in [-0.3, -0.25) is 52.9 Å². The van der Waals surface area contributed by atoms with E-state index in [1.54, 1.807) is 91.0 Å². The van der Waals surface area contributed by atoms with E-state index in [0.29, 0.717) is 16.7 Å². The number of primary amides is 2. The zero-order valence-corrected chi connectivity index (χ0v) is 44.3. The van der Waals surface area contributed by atoms with Crippen LogP contribution in [-0.4, -0.2) is 172 Å². The van der Waals surface area contributed by atoms with Crippen LogP contribution in [0.15, 0.2) is 96.0 Å². The van der Waals surface area contributed by atoms with E-state index in [0.717, 1.165) is 6.92 Å².